The molecule has 0 spiro atoms. The maximum Gasteiger partial charge on any atom is 0.246 e. The zero-order chi connectivity index (χ0) is 12.6. The van der Waals surface area contributed by atoms with Crippen molar-refractivity contribution in [3.05, 3.63) is 12.4 Å². The summed E-state index contributed by atoms with van der Waals surface area (Å²) in [6.45, 7) is 2.19. The highest BCUT2D eigenvalue weighted by Crippen LogP contribution is 2.18. The average Bonchev–Trinajstić information content (AvgIpc) is 2.69. The molecule has 0 bridgehead atoms. The van der Waals surface area contributed by atoms with E-state index in [4.69, 9.17) is 0 Å². The van der Waals surface area contributed by atoms with Crippen LogP contribution in [0.3, 0.4) is 0 Å². The van der Waals surface area contributed by atoms with Crippen LogP contribution in [0.1, 0.15) is 6.92 Å². The van der Waals surface area contributed by atoms with Gasteiger partial charge in [-0.2, -0.15) is 9.40 Å². The van der Waals surface area contributed by atoms with Crippen molar-refractivity contribution in [3.8, 4) is 0 Å². The number of carbonyl (C=O) groups is 1. The molecule has 1 aliphatic rings. The predicted octanol–water partition coefficient (Wildman–Crippen LogP) is -1.07. The fraction of sp³-hybridized carbons (Fsp3) is 0.556. The summed E-state index contributed by atoms with van der Waals surface area (Å²) in [6, 6.07) is -0.686. The average molecular weight is 258 g/mol. The summed E-state index contributed by atoms with van der Waals surface area (Å²) in [7, 11) is -1.99. The number of nitrogens with one attached hydrogen (secondary N) is 1. The first-order valence-corrected chi connectivity index (χ1v) is 6.65. The summed E-state index contributed by atoms with van der Waals surface area (Å²) in [6.07, 6.45) is 2.71. The van der Waals surface area contributed by atoms with Crippen LogP contribution in [0.2, 0.25) is 0 Å². The summed E-state index contributed by atoms with van der Waals surface area (Å²) in [4.78, 5) is 11.6. The lowest BCUT2D eigenvalue weighted by Gasteiger charge is -2.31. The van der Waals surface area contributed by atoms with Crippen LogP contribution < -0.4 is 5.32 Å². The monoisotopic (exact) mass is 258 g/mol. The molecule has 0 radical (unpaired) electrons. The lowest BCUT2D eigenvalue weighted by atomic mass is 10.2. The second-order valence-electron chi connectivity index (χ2n) is 3.93. The van der Waals surface area contributed by atoms with Crippen LogP contribution in [-0.2, 0) is 21.9 Å². The Hall–Kier alpha value is -1.41. The van der Waals surface area contributed by atoms with E-state index < -0.39 is 16.1 Å². The molecule has 1 N–H and O–H groups in total. The van der Waals surface area contributed by atoms with Gasteiger partial charge < -0.3 is 5.32 Å². The fourth-order valence-electron chi connectivity index (χ4n) is 1.76. The third-order valence-electron chi connectivity index (χ3n) is 2.73. The first-order chi connectivity index (χ1) is 7.93. The van der Waals surface area contributed by atoms with Crippen LogP contribution in [0.4, 0.5) is 0 Å². The predicted molar refractivity (Wildman–Crippen MR) is 59.6 cm³/mol. The summed E-state index contributed by atoms with van der Waals surface area (Å²) in [5.41, 5.74) is 0. The molecular formula is C9H14N4O3S. The van der Waals surface area contributed by atoms with Gasteiger partial charge in [0.25, 0.3) is 0 Å². The molecule has 0 aromatic carbocycles. The standard InChI is InChI=1S/C9H14N4O3S/c1-7-9(14)10-3-4-13(7)17(15,16)8-5-11-12(2)6-8/h5-7H,3-4H2,1-2H3,(H,10,14). The lowest BCUT2D eigenvalue weighted by molar-refractivity contribution is -0.126. The first-order valence-electron chi connectivity index (χ1n) is 5.21. The number of sulfonamides is 1. The minimum atomic E-state index is -3.63. The Kier molecular flexibility index (Phi) is 2.92. The summed E-state index contributed by atoms with van der Waals surface area (Å²) in [5, 5.41) is 6.46. The SMILES string of the molecule is CC1C(=O)NCCN1S(=O)(=O)c1cnn(C)c1. The highest BCUT2D eigenvalue weighted by atomic mass is 32.2. The Balaban J connectivity index is 2.35. The Morgan fingerprint density at radius 2 is 2.24 bits per heavy atom. The van der Waals surface area contributed by atoms with E-state index in [1.54, 1.807) is 14.0 Å². The van der Waals surface area contributed by atoms with E-state index in [1.807, 2.05) is 0 Å². The molecule has 2 rings (SSSR count). The number of hydrogen-bond acceptors (Lipinski definition) is 4. The Labute approximate surface area is 99.5 Å². The van der Waals surface area contributed by atoms with Crippen molar-refractivity contribution < 1.29 is 13.2 Å². The Morgan fingerprint density at radius 3 is 2.82 bits per heavy atom. The largest absolute Gasteiger partial charge is 0.353 e. The molecule has 1 aliphatic heterocycles. The first kappa shape index (κ1) is 12.1. The molecule has 17 heavy (non-hydrogen) atoms. The number of carbonyl (C=O) groups excluding carboxylic acids is 1. The molecule has 1 aromatic heterocycles. The van der Waals surface area contributed by atoms with E-state index in [2.05, 4.69) is 10.4 Å². The van der Waals surface area contributed by atoms with E-state index in [9.17, 15) is 13.2 Å². The molecule has 1 unspecified atom stereocenters. The Morgan fingerprint density at radius 1 is 1.53 bits per heavy atom. The van der Waals surface area contributed by atoms with Gasteiger partial charge >= 0.3 is 0 Å². The van der Waals surface area contributed by atoms with Crippen LogP contribution in [-0.4, -0.2) is 47.5 Å². The molecule has 1 fully saturated rings. The second kappa shape index (κ2) is 4.11. The van der Waals surface area contributed by atoms with Gasteiger partial charge in [0.05, 0.1) is 6.20 Å². The third kappa shape index (κ3) is 2.05. The highest BCUT2D eigenvalue weighted by Gasteiger charge is 2.36. The van der Waals surface area contributed by atoms with Crippen molar-refractivity contribution >= 4 is 15.9 Å². The molecule has 8 heteroatoms. The number of nitrogens with zero attached hydrogens (tertiary/aromatic N) is 3. The van der Waals surface area contributed by atoms with Crippen LogP contribution in [0.15, 0.2) is 17.3 Å². The minimum Gasteiger partial charge on any atom is -0.353 e. The van der Waals surface area contributed by atoms with E-state index in [1.165, 1.54) is 21.4 Å². The number of aryl methyl sites for hydroxylation is 1. The van der Waals surface area contributed by atoms with Gasteiger partial charge in [-0.25, -0.2) is 8.42 Å². The van der Waals surface area contributed by atoms with Gasteiger partial charge in [-0.05, 0) is 6.92 Å². The van der Waals surface area contributed by atoms with Crippen molar-refractivity contribution in [2.75, 3.05) is 13.1 Å². The van der Waals surface area contributed by atoms with Gasteiger partial charge in [-0.3, -0.25) is 9.48 Å². The molecule has 94 valence electrons. The topological polar surface area (TPSA) is 84.3 Å². The van der Waals surface area contributed by atoms with E-state index in [-0.39, 0.29) is 17.3 Å². The quantitative estimate of drug-likeness (QED) is 0.732. The lowest BCUT2D eigenvalue weighted by Crippen LogP contribution is -2.55. The summed E-state index contributed by atoms with van der Waals surface area (Å²) < 4.78 is 27.1. The molecule has 1 amide bonds. The van der Waals surface area contributed by atoms with E-state index in [0.717, 1.165) is 0 Å². The van der Waals surface area contributed by atoms with Crippen molar-refractivity contribution in [2.45, 2.75) is 17.9 Å². The van der Waals surface area contributed by atoms with Crippen molar-refractivity contribution in [1.29, 1.82) is 0 Å². The molecule has 0 aliphatic carbocycles. The van der Waals surface area contributed by atoms with Gasteiger partial charge in [0.1, 0.15) is 10.9 Å². The third-order valence-corrected chi connectivity index (χ3v) is 4.65. The van der Waals surface area contributed by atoms with Gasteiger partial charge in [-0.15, -0.1) is 0 Å². The molecule has 1 aromatic rings. The van der Waals surface area contributed by atoms with Crippen LogP contribution >= 0.6 is 0 Å². The van der Waals surface area contributed by atoms with E-state index >= 15 is 0 Å². The molecule has 7 nitrogen and oxygen atoms in total. The molecule has 2 heterocycles. The Bertz CT molecular complexity index is 536. The number of amides is 1. The van der Waals surface area contributed by atoms with Gasteiger partial charge in [-0.1, -0.05) is 0 Å². The van der Waals surface area contributed by atoms with Crippen LogP contribution in [0, 0.1) is 0 Å². The zero-order valence-corrected chi connectivity index (χ0v) is 10.4. The van der Waals surface area contributed by atoms with Crippen molar-refractivity contribution in [2.24, 2.45) is 7.05 Å². The van der Waals surface area contributed by atoms with Gasteiger partial charge in [0.2, 0.25) is 15.9 Å². The molecular weight excluding hydrogens is 244 g/mol. The highest BCUT2D eigenvalue weighted by molar-refractivity contribution is 7.89. The zero-order valence-electron chi connectivity index (χ0n) is 9.62. The number of hydrogen-bond donors (Lipinski definition) is 1. The summed E-state index contributed by atoms with van der Waals surface area (Å²) in [5.74, 6) is -0.274. The van der Waals surface area contributed by atoms with Gasteiger partial charge in [0.15, 0.2) is 0 Å². The molecule has 1 saturated heterocycles. The number of rotatable bonds is 2. The van der Waals surface area contributed by atoms with Crippen LogP contribution in [0.25, 0.3) is 0 Å². The molecule has 1 atom stereocenters. The van der Waals surface area contributed by atoms with Crippen molar-refractivity contribution in [3.63, 3.8) is 0 Å². The molecule has 0 saturated carbocycles. The maximum absolute atomic E-state index is 12.2. The smallest absolute Gasteiger partial charge is 0.246 e. The number of aromatic nitrogens is 2. The summed E-state index contributed by atoms with van der Waals surface area (Å²) >= 11 is 0. The second-order valence-corrected chi connectivity index (χ2v) is 5.82. The minimum absolute atomic E-state index is 0.113. The van der Waals surface area contributed by atoms with Gasteiger partial charge in [0, 0.05) is 26.3 Å². The number of piperazine rings is 1. The van der Waals surface area contributed by atoms with Crippen molar-refractivity contribution in [1.82, 2.24) is 19.4 Å². The maximum atomic E-state index is 12.2. The van der Waals surface area contributed by atoms with Crippen LogP contribution in [0.5, 0.6) is 0 Å². The fourth-order valence-corrected chi connectivity index (χ4v) is 3.34. The van der Waals surface area contributed by atoms with E-state index in [0.29, 0.717) is 6.54 Å². The normalized spacial score (nSPS) is 22.5.